The Morgan fingerprint density at radius 2 is 2.19 bits per heavy atom. The number of hydrogen-bond acceptors (Lipinski definition) is 3. The number of carbonyl (C=O) groups excluding carboxylic acids is 1. The summed E-state index contributed by atoms with van der Waals surface area (Å²) in [6, 6.07) is 2.09. The highest BCUT2D eigenvalue weighted by atomic mass is 16.3. The smallest absolute Gasteiger partial charge is 0.242 e. The van der Waals surface area contributed by atoms with E-state index in [2.05, 4.69) is 17.9 Å². The van der Waals surface area contributed by atoms with Gasteiger partial charge in [-0.1, -0.05) is 11.8 Å². The topological polar surface area (TPSA) is 87.1 Å². The molecule has 1 rings (SSSR count). The molecule has 0 bridgehead atoms. The summed E-state index contributed by atoms with van der Waals surface area (Å²) in [6.45, 7) is 3.15. The molecule has 1 amide bonds. The monoisotopic (exact) mass is 218 g/mol. The van der Waals surface area contributed by atoms with Crippen LogP contribution in [0.2, 0.25) is 0 Å². The molecule has 0 aliphatic heterocycles. The number of hydrogen-bond donors (Lipinski definition) is 2. The molecule has 0 aromatic carbocycles. The van der Waals surface area contributed by atoms with Crippen LogP contribution in [0.1, 0.15) is 26.7 Å². The van der Waals surface area contributed by atoms with Crippen molar-refractivity contribution in [2.45, 2.75) is 32.3 Å². The average molecular weight is 218 g/mol. The SMILES string of the molecule is C/C(C#C[C@@](C)(O)C1(C#N)CC1)=C/C(N)=O. The zero-order chi connectivity index (χ0) is 12.4. The van der Waals surface area contributed by atoms with Crippen molar-refractivity contribution in [3.05, 3.63) is 11.6 Å². The third-order valence-corrected chi connectivity index (χ3v) is 2.76. The van der Waals surface area contributed by atoms with Crippen LogP contribution in [0.25, 0.3) is 0 Å². The number of amides is 1. The Bertz CT molecular complexity index is 440. The van der Waals surface area contributed by atoms with Gasteiger partial charge in [0.25, 0.3) is 0 Å². The molecule has 1 aliphatic carbocycles. The molecule has 1 aliphatic rings. The van der Waals surface area contributed by atoms with Gasteiger partial charge in [0.1, 0.15) is 5.60 Å². The number of allylic oxidation sites excluding steroid dienone is 1. The number of nitrogens with zero attached hydrogens (tertiary/aromatic N) is 1. The van der Waals surface area contributed by atoms with Gasteiger partial charge in [0.2, 0.25) is 5.91 Å². The van der Waals surface area contributed by atoms with E-state index in [0.29, 0.717) is 18.4 Å². The summed E-state index contributed by atoms with van der Waals surface area (Å²) in [7, 11) is 0. The van der Waals surface area contributed by atoms with E-state index in [0.717, 1.165) is 0 Å². The zero-order valence-corrected chi connectivity index (χ0v) is 9.37. The maximum absolute atomic E-state index is 10.6. The second kappa shape index (κ2) is 4.00. The molecule has 84 valence electrons. The number of primary amides is 1. The minimum atomic E-state index is -1.34. The molecule has 0 heterocycles. The van der Waals surface area contributed by atoms with Gasteiger partial charge in [0, 0.05) is 11.6 Å². The van der Waals surface area contributed by atoms with Gasteiger partial charge in [-0.2, -0.15) is 5.26 Å². The molecule has 1 atom stereocenters. The first-order chi connectivity index (χ1) is 7.33. The minimum absolute atomic E-state index is 0.474. The molecule has 4 nitrogen and oxygen atoms in total. The molecule has 3 N–H and O–H groups in total. The second-order valence-corrected chi connectivity index (χ2v) is 4.25. The van der Waals surface area contributed by atoms with Crippen molar-refractivity contribution >= 4 is 5.91 Å². The summed E-state index contributed by atoms with van der Waals surface area (Å²) < 4.78 is 0. The predicted octanol–water partition coefficient (Wildman–Crippen LogP) is 0.476. The Hall–Kier alpha value is -1.78. The van der Waals surface area contributed by atoms with Crippen molar-refractivity contribution in [2.75, 3.05) is 0 Å². The lowest BCUT2D eigenvalue weighted by Gasteiger charge is -2.21. The van der Waals surface area contributed by atoms with Crippen LogP contribution < -0.4 is 5.73 Å². The highest BCUT2D eigenvalue weighted by Crippen LogP contribution is 2.53. The first-order valence-corrected chi connectivity index (χ1v) is 4.97. The van der Waals surface area contributed by atoms with Gasteiger partial charge in [0.15, 0.2) is 0 Å². The molecule has 4 heteroatoms. The first-order valence-electron chi connectivity index (χ1n) is 4.97. The van der Waals surface area contributed by atoms with E-state index < -0.39 is 16.9 Å². The Kier molecular flexibility index (Phi) is 3.07. The highest BCUT2D eigenvalue weighted by Gasteiger charge is 2.56. The molecular weight excluding hydrogens is 204 g/mol. The van der Waals surface area contributed by atoms with Crippen LogP contribution in [0.15, 0.2) is 11.6 Å². The second-order valence-electron chi connectivity index (χ2n) is 4.25. The molecule has 16 heavy (non-hydrogen) atoms. The van der Waals surface area contributed by atoms with Gasteiger partial charge in [-0.3, -0.25) is 4.79 Å². The van der Waals surface area contributed by atoms with Crippen LogP contribution in [0.3, 0.4) is 0 Å². The standard InChI is InChI=1S/C12H14N2O2/c1-9(7-10(14)15)3-4-11(2,16)12(8-13)5-6-12/h7,16H,5-6H2,1-2H3,(H2,14,15)/b9-7-/t11-/m1/s1. The lowest BCUT2D eigenvalue weighted by Crippen LogP contribution is -2.33. The first kappa shape index (κ1) is 12.3. The van der Waals surface area contributed by atoms with Crippen LogP contribution in [-0.4, -0.2) is 16.6 Å². The molecule has 0 saturated heterocycles. The number of nitrogens with two attached hydrogens (primary N) is 1. The molecule has 1 fully saturated rings. The summed E-state index contributed by atoms with van der Waals surface area (Å²) in [5, 5.41) is 19.0. The summed E-state index contributed by atoms with van der Waals surface area (Å²) in [6.07, 6.45) is 2.50. The predicted molar refractivity (Wildman–Crippen MR) is 58.6 cm³/mol. The van der Waals surface area contributed by atoms with E-state index in [1.807, 2.05) is 0 Å². The molecule has 0 aromatic heterocycles. The Labute approximate surface area is 94.7 Å². The van der Waals surface area contributed by atoms with Gasteiger partial charge in [-0.05, 0) is 26.7 Å². The van der Waals surface area contributed by atoms with Crippen molar-refractivity contribution in [1.82, 2.24) is 0 Å². The van der Waals surface area contributed by atoms with Crippen molar-refractivity contribution in [2.24, 2.45) is 11.1 Å². The van der Waals surface area contributed by atoms with Gasteiger partial charge in [0.05, 0.1) is 11.5 Å². The zero-order valence-electron chi connectivity index (χ0n) is 9.37. The van der Waals surface area contributed by atoms with Crippen LogP contribution in [0.4, 0.5) is 0 Å². The largest absolute Gasteiger partial charge is 0.376 e. The number of aliphatic hydroxyl groups is 1. The Balaban J connectivity index is 2.86. The molecule has 0 radical (unpaired) electrons. The molecule has 0 unspecified atom stereocenters. The lowest BCUT2D eigenvalue weighted by molar-refractivity contribution is -0.113. The summed E-state index contributed by atoms with van der Waals surface area (Å²) in [5.74, 6) is 4.69. The fourth-order valence-electron chi connectivity index (χ4n) is 1.42. The normalized spacial score (nSPS) is 21.0. The lowest BCUT2D eigenvalue weighted by atomic mass is 9.87. The summed E-state index contributed by atoms with van der Waals surface area (Å²) in [4.78, 5) is 10.6. The van der Waals surface area contributed by atoms with Crippen molar-refractivity contribution in [3.63, 3.8) is 0 Å². The van der Waals surface area contributed by atoms with Gasteiger partial charge < -0.3 is 10.8 Å². The molecule has 1 saturated carbocycles. The van der Waals surface area contributed by atoms with Gasteiger partial charge >= 0.3 is 0 Å². The number of nitriles is 1. The molecule has 0 spiro atoms. The van der Waals surface area contributed by atoms with E-state index in [9.17, 15) is 9.90 Å². The van der Waals surface area contributed by atoms with E-state index in [1.54, 1.807) is 6.92 Å². The maximum atomic E-state index is 10.6. The van der Waals surface area contributed by atoms with Crippen LogP contribution >= 0.6 is 0 Å². The van der Waals surface area contributed by atoms with Crippen molar-refractivity contribution < 1.29 is 9.90 Å². The van der Waals surface area contributed by atoms with Gasteiger partial charge in [-0.15, -0.1) is 0 Å². The fraction of sp³-hybridized carbons (Fsp3) is 0.500. The molecule has 0 aromatic rings. The quantitative estimate of drug-likeness (QED) is 0.522. The summed E-state index contributed by atoms with van der Waals surface area (Å²) in [5.41, 5.74) is 3.35. The van der Waals surface area contributed by atoms with Crippen LogP contribution in [0.5, 0.6) is 0 Å². The van der Waals surface area contributed by atoms with Gasteiger partial charge in [-0.25, -0.2) is 0 Å². The van der Waals surface area contributed by atoms with E-state index in [1.165, 1.54) is 13.0 Å². The average Bonchev–Trinajstić information content (AvgIpc) is 2.94. The minimum Gasteiger partial charge on any atom is -0.376 e. The van der Waals surface area contributed by atoms with Crippen LogP contribution in [-0.2, 0) is 4.79 Å². The third-order valence-electron chi connectivity index (χ3n) is 2.76. The van der Waals surface area contributed by atoms with Crippen LogP contribution in [0, 0.1) is 28.6 Å². The van der Waals surface area contributed by atoms with E-state index in [-0.39, 0.29) is 0 Å². The fourth-order valence-corrected chi connectivity index (χ4v) is 1.42. The Morgan fingerprint density at radius 3 is 2.56 bits per heavy atom. The molecular formula is C12H14N2O2. The van der Waals surface area contributed by atoms with Crippen molar-refractivity contribution in [1.29, 1.82) is 5.26 Å². The number of carbonyl (C=O) groups is 1. The number of rotatable bonds is 2. The van der Waals surface area contributed by atoms with E-state index in [4.69, 9.17) is 11.0 Å². The highest BCUT2D eigenvalue weighted by molar-refractivity contribution is 5.87. The maximum Gasteiger partial charge on any atom is 0.242 e. The third kappa shape index (κ3) is 2.42. The van der Waals surface area contributed by atoms with E-state index >= 15 is 0 Å². The summed E-state index contributed by atoms with van der Waals surface area (Å²) >= 11 is 0. The van der Waals surface area contributed by atoms with Crippen molar-refractivity contribution in [3.8, 4) is 17.9 Å². The Morgan fingerprint density at radius 1 is 1.62 bits per heavy atom.